The molecule has 0 aromatic heterocycles. The topological polar surface area (TPSA) is 50.4 Å². The minimum absolute atomic E-state index is 0.00552. The van der Waals surface area contributed by atoms with Crippen LogP contribution in [0.15, 0.2) is 42.5 Å². The second kappa shape index (κ2) is 7.62. The molecule has 0 unspecified atom stereocenters. The Balaban J connectivity index is 1.88. The molecule has 0 saturated heterocycles. The lowest BCUT2D eigenvalue weighted by atomic mass is 10.0. The molecule has 0 aliphatic carbocycles. The van der Waals surface area contributed by atoms with Gasteiger partial charge >= 0.3 is 0 Å². The molecule has 2 aromatic carbocycles. The van der Waals surface area contributed by atoms with Crippen LogP contribution in [-0.2, 0) is 16.1 Å². The van der Waals surface area contributed by atoms with Gasteiger partial charge in [-0.25, -0.2) is 0 Å². The van der Waals surface area contributed by atoms with Gasteiger partial charge in [-0.1, -0.05) is 42.5 Å². The van der Waals surface area contributed by atoms with E-state index in [1.807, 2.05) is 24.3 Å². The average Bonchev–Trinajstić information content (AvgIpc) is 2.49. The first-order valence-electron chi connectivity index (χ1n) is 6.74. The number of carbonyl (C=O) groups excluding carboxylic acids is 1. The van der Waals surface area contributed by atoms with Gasteiger partial charge in [0.25, 0.3) is 0 Å². The van der Waals surface area contributed by atoms with Crippen molar-refractivity contribution in [3.8, 4) is 0 Å². The number of benzene rings is 2. The maximum Gasteiger partial charge on any atom is 0.234 e. The van der Waals surface area contributed by atoms with Crippen molar-refractivity contribution in [1.29, 1.82) is 0 Å². The Morgan fingerprint density at radius 2 is 1.95 bits per heavy atom. The average molecular weight is 272 g/mol. The number of hydrogen-bond acceptors (Lipinski definition) is 3. The fraction of sp³-hybridized carbons (Fsp3) is 0.312. The third-order valence-corrected chi connectivity index (χ3v) is 3.12. The standard InChI is InChI=1S/C16H20N2O2/c1-20-10-9-17-12-16(19)18-11-14-7-4-6-13-5-2-3-8-15(13)14/h2-8,17H,9-12H2,1H3,(H,18,19). The molecule has 0 bridgehead atoms. The van der Waals surface area contributed by atoms with Crippen LogP contribution in [0.2, 0.25) is 0 Å². The smallest absolute Gasteiger partial charge is 0.234 e. The lowest BCUT2D eigenvalue weighted by Gasteiger charge is -2.09. The molecule has 106 valence electrons. The van der Waals surface area contributed by atoms with Gasteiger partial charge in [0.1, 0.15) is 0 Å². The first-order valence-corrected chi connectivity index (χ1v) is 6.74. The van der Waals surface area contributed by atoms with Crippen LogP contribution in [0.4, 0.5) is 0 Å². The fourth-order valence-electron chi connectivity index (χ4n) is 2.08. The molecule has 4 heteroatoms. The molecular formula is C16H20N2O2. The summed E-state index contributed by atoms with van der Waals surface area (Å²) < 4.78 is 4.91. The first kappa shape index (κ1) is 14.5. The zero-order chi connectivity index (χ0) is 14.2. The van der Waals surface area contributed by atoms with Crippen molar-refractivity contribution in [3.63, 3.8) is 0 Å². The summed E-state index contributed by atoms with van der Waals surface area (Å²) in [6, 6.07) is 14.3. The molecule has 0 spiro atoms. The van der Waals surface area contributed by atoms with Crippen LogP contribution in [0.1, 0.15) is 5.56 Å². The molecule has 2 rings (SSSR count). The van der Waals surface area contributed by atoms with Gasteiger partial charge in [-0.15, -0.1) is 0 Å². The van der Waals surface area contributed by atoms with Crippen molar-refractivity contribution in [2.75, 3.05) is 26.8 Å². The van der Waals surface area contributed by atoms with Crippen molar-refractivity contribution in [2.24, 2.45) is 0 Å². The monoisotopic (exact) mass is 272 g/mol. The molecule has 0 aliphatic heterocycles. The Bertz CT molecular complexity index is 564. The van der Waals surface area contributed by atoms with Crippen LogP contribution >= 0.6 is 0 Å². The van der Waals surface area contributed by atoms with Crippen LogP contribution in [0.3, 0.4) is 0 Å². The van der Waals surface area contributed by atoms with Crippen LogP contribution in [0, 0.1) is 0 Å². The number of methoxy groups -OCH3 is 1. The van der Waals surface area contributed by atoms with E-state index in [0.29, 0.717) is 26.2 Å². The third kappa shape index (κ3) is 4.05. The largest absolute Gasteiger partial charge is 0.383 e. The SMILES string of the molecule is COCCNCC(=O)NCc1cccc2ccccc12. The maximum atomic E-state index is 11.7. The Morgan fingerprint density at radius 3 is 2.80 bits per heavy atom. The number of rotatable bonds is 7. The van der Waals surface area contributed by atoms with Crippen molar-refractivity contribution in [3.05, 3.63) is 48.0 Å². The van der Waals surface area contributed by atoms with Gasteiger partial charge in [-0.05, 0) is 16.3 Å². The molecule has 20 heavy (non-hydrogen) atoms. The van der Waals surface area contributed by atoms with E-state index in [9.17, 15) is 4.79 Å². The Morgan fingerprint density at radius 1 is 1.15 bits per heavy atom. The van der Waals surface area contributed by atoms with Crippen LogP contribution in [-0.4, -0.2) is 32.7 Å². The summed E-state index contributed by atoms with van der Waals surface area (Å²) in [5.41, 5.74) is 1.13. The van der Waals surface area contributed by atoms with Gasteiger partial charge in [0.2, 0.25) is 5.91 Å². The predicted molar refractivity (Wildman–Crippen MR) is 80.5 cm³/mol. The van der Waals surface area contributed by atoms with Crippen LogP contribution in [0.5, 0.6) is 0 Å². The normalized spacial score (nSPS) is 10.7. The van der Waals surface area contributed by atoms with Crippen molar-refractivity contribution < 1.29 is 9.53 Å². The highest BCUT2D eigenvalue weighted by Crippen LogP contribution is 2.17. The van der Waals surface area contributed by atoms with Crippen LogP contribution < -0.4 is 10.6 Å². The molecule has 2 N–H and O–H groups in total. The zero-order valence-electron chi connectivity index (χ0n) is 11.7. The summed E-state index contributed by atoms with van der Waals surface area (Å²) in [4.78, 5) is 11.7. The van der Waals surface area contributed by atoms with E-state index in [4.69, 9.17) is 4.74 Å². The lowest BCUT2D eigenvalue weighted by Crippen LogP contribution is -2.34. The van der Waals surface area contributed by atoms with Gasteiger partial charge in [-0.3, -0.25) is 4.79 Å². The fourth-order valence-corrected chi connectivity index (χ4v) is 2.08. The Labute approximate surface area is 119 Å². The summed E-state index contributed by atoms with van der Waals surface area (Å²) in [5, 5.41) is 8.32. The summed E-state index contributed by atoms with van der Waals surface area (Å²) in [5.74, 6) is -0.00552. The van der Waals surface area contributed by atoms with E-state index in [1.54, 1.807) is 7.11 Å². The van der Waals surface area contributed by atoms with Crippen molar-refractivity contribution in [2.45, 2.75) is 6.54 Å². The van der Waals surface area contributed by atoms with Crippen LogP contribution in [0.25, 0.3) is 10.8 Å². The first-order chi connectivity index (χ1) is 9.81. The van der Waals surface area contributed by atoms with Gasteiger partial charge in [0.05, 0.1) is 13.2 Å². The molecular weight excluding hydrogens is 252 g/mol. The summed E-state index contributed by atoms with van der Waals surface area (Å²) in [7, 11) is 1.64. The Kier molecular flexibility index (Phi) is 5.53. The lowest BCUT2D eigenvalue weighted by molar-refractivity contribution is -0.120. The summed E-state index contributed by atoms with van der Waals surface area (Å²) in [6.07, 6.45) is 0. The number of carbonyl (C=O) groups is 1. The third-order valence-electron chi connectivity index (χ3n) is 3.12. The quantitative estimate of drug-likeness (QED) is 0.754. The number of amides is 1. The Hall–Kier alpha value is -1.91. The van der Waals surface area contributed by atoms with E-state index in [-0.39, 0.29) is 5.91 Å². The molecule has 0 heterocycles. The van der Waals surface area contributed by atoms with Gasteiger partial charge in [0.15, 0.2) is 0 Å². The molecule has 0 saturated carbocycles. The van der Waals surface area contributed by atoms with Crippen molar-refractivity contribution in [1.82, 2.24) is 10.6 Å². The second-order valence-corrected chi connectivity index (χ2v) is 4.58. The van der Waals surface area contributed by atoms with E-state index < -0.39 is 0 Å². The minimum Gasteiger partial charge on any atom is -0.383 e. The highest BCUT2D eigenvalue weighted by atomic mass is 16.5. The molecule has 4 nitrogen and oxygen atoms in total. The van der Waals surface area contributed by atoms with Crippen molar-refractivity contribution >= 4 is 16.7 Å². The molecule has 0 fully saturated rings. The number of fused-ring (bicyclic) bond motifs is 1. The van der Waals surface area contributed by atoms with Gasteiger partial charge < -0.3 is 15.4 Å². The van der Waals surface area contributed by atoms with E-state index >= 15 is 0 Å². The summed E-state index contributed by atoms with van der Waals surface area (Å²) in [6.45, 7) is 2.15. The molecule has 1 amide bonds. The molecule has 0 aliphatic rings. The number of nitrogens with one attached hydrogen (secondary N) is 2. The zero-order valence-corrected chi connectivity index (χ0v) is 11.7. The summed E-state index contributed by atoms with van der Waals surface area (Å²) >= 11 is 0. The minimum atomic E-state index is -0.00552. The number of hydrogen-bond donors (Lipinski definition) is 2. The van der Waals surface area contributed by atoms with E-state index in [0.717, 1.165) is 5.56 Å². The van der Waals surface area contributed by atoms with Gasteiger partial charge in [-0.2, -0.15) is 0 Å². The molecule has 0 atom stereocenters. The maximum absolute atomic E-state index is 11.7. The highest BCUT2D eigenvalue weighted by molar-refractivity contribution is 5.86. The van der Waals surface area contributed by atoms with E-state index in [1.165, 1.54) is 10.8 Å². The van der Waals surface area contributed by atoms with Gasteiger partial charge in [0, 0.05) is 20.2 Å². The number of ether oxygens (including phenoxy) is 1. The highest BCUT2D eigenvalue weighted by Gasteiger charge is 2.03. The molecule has 2 aromatic rings. The molecule has 0 radical (unpaired) electrons. The van der Waals surface area contributed by atoms with E-state index in [2.05, 4.69) is 28.8 Å². The predicted octanol–water partition coefficient (Wildman–Crippen LogP) is 1.69. The second-order valence-electron chi connectivity index (χ2n) is 4.58.